The molecule has 35 heavy (non-hydrogen) atoms. The number of aryl methyl sites for hydroxylation is 2. The molecule has 6 heteroatoms. The minimum absolute atomic E-state index is 0.0614. The molecule has 6 nitrogen and oxygen atoms in total. The Bertz CT molecular complexity index is 1190. The number of fused-ring (bicyclic) bond motifs is 2. The van der Waals surface area contributed by atoms with E-state index in [1.807, 2.05) is 71.6 Å². The van der Waals surface area contributed by atoms with Crippen LogP contribution in [0, 0.1) is 0 Å². The van der Waals surface area contributed by atoms with E-state index >= 15 is 0 Å². The molecule has 2 aliphatic heterocycles. The first-order valence-electron chi connectivity index (χ1n) is 12.4. The molecule has 1 N–H and O–H groups in total. The van der Waals surface area contributed by atoms with E-state index in [1.165, 1.54) is 6.42 Å². The number of carbonyl (C=O) groups excluding carboxylic acids is 2. The lowest BCUT2D eigenvalue weighted by Gasteiger charge is -2.30. The molecule has 0 spiro atoms. The molecule has 5 rings (SSSR count). The number of ether oxygens (including phenoxy) is 1. The van der Waals surface area contributed by atoms with Crippen LogP contribution in [-0.2, 0) is 29.0 Å². The van der Waals surface area contributed by atoms with Crippen molar-refractivity contribution in [2.75, 3.05) is 29.9 Å². The number of rotatable bonds is 5. The van der Waals surface area contributed by atoms with E-state index in [-0.39, 0.29) is 12.5 Å². The second-order valence-electron chi connectivity index (χ2n) is 9.22. The van der Waals surface area contributed by atoms with Gasteiger partial charge in [0.05, 0.1) is 17.9 Å². The molecule has 180 valence electrons. The molecule has 0 aliphatic carbocycles. The molecule has 1 fully saturated rings. The molecule has 3 aromatic carbocycles. The van der Waals surface area contributed by atoms with Gasteiger partial charge in [0.2, 0.25) is 5.91 Å². The molecule has 1 saturated heterocycles. The lowest BCUT2D eigenvalue weighted by Crippen LogP contribution is -2.40. The van der Waals surface area contributed by atoms with Crippen molar-refractivity contribution in [3.05, 3.63) is 89.5 Å². The Morgan fingerprint density at radius 1 is 0.800 bits per heavy atom. The monoisotopic (exact) mass is 469 g/mol. The van der Waals surface area contributed by atoms with Gasteiger partial charge in [-0.3, -0.25) is 19.9 Å². The first-order valence-corrected chi connectivity index (χ1v) is 12.4. The normalized spacial score (nSPS) is 15.5. The standard InChI is InChI=1S/C29H31N3O3/c33-28(20-31-17-7-2-8-18-31)32-26-12-6-5-11-23(26)13-14-24-15-16-25(19-27(24)32)30-29(34)35-21-22-9-3-1-4-10-22/h1,3-6,9-12,15-16,19H,2,7-8,13-14,17-18,20-21H2,(H,30,34). The lowest BCUT2D eigenvalue weighted by molar-refractivity contribution is -0.119. The summed E-state index contributed by atoms with van der Waals surface area (Å²) in [6.07, 6.45) is 4.68. The molecular weight excluding hydrogens is 438 g/mol. The van der Waals surface area contributed by atoms with Gasteiger partial charge >= 0.3 is 6.09 Å². The minimum Gasteiger partial charge on any atom is -0.444 e. The van der Waals surface area contributed by atoms with Gasteiger partial charge in [0.15, 0.2) is 0 Å². The van der Waals surface area contributed by atoms with E-state index in [0.29, 0.717) is 12.2 Å². The fraction of sp³-hybridized carbons (Fsp3) is 0.310. The number of hydrogen-bond acceptors (Lipinski definition) is 4. The third-order valence-corrected chi connectivity index (χ3v) is 6.74. The second-order valence-corrected chi connectivity index (χ2v) is 9.22. The molecule has 0 saturated carbocycles. The van der Waals surface area contributed by atoms with Crippen LogP contribution in [0.1, 0.15) is 36.0 Å². The number of amides is 2. The fourth-order valence-electron chi connectivity index (χ4n) is 4.93. The quantitative estimate of drug-likeness (QED) is 0.522. The highest BCUT2D eigenvalue weighted by Gasteiger charge is 2.28. The number of carbonyl (C=O) groups is 2. The third kappa shape index (κ3) is 5.54. The van der Waals surface area contributed by atoms with Gasteiger partial charge in [-0.25, -0.2) is 4.79 Å². The predicted octanol–water partition coefficient (Wildman–Crippen LogP) is 5.68. The Balaban J connectivity index is 1.39. The maximum atomic E-state index is 13.7. The van der Waals surface area contributed by atoms with Crippen LogP contribution in [0.4, 0.5) is 21.9 Å². The van der Waals surface area contributed by atoms with E-state index in [2.05, 4.69) is 16.3 Å². The number of likely N-dealkylation sites (tertiary alicyclic amines) is 1. The van der Waals surface area contributed by atoms with Gasteiger partial charge in [0, 0.05) is 5.69 Å². The summed E-state index contributed by atoms with van der Waals surface area (Å²) in [5.41, 5.74) is 5.55. The van der Waals surface area contributed by atoms with Crippen molar-refractivity contribution >= 4 is 29.1 Å². The van der Waals surface area contributed by atoms with Crippen LogP contribution < -0.4 is 10.2 Å². The molecule has 0 radical (unpaired) electrons. The number of hydrogen-bond donors (Lipinski definition) is 1. The van der Waals surface area contributed by atoms with Crippen LogP contribution in [0.15, 0.2) is 72.8 Å². The number of benzene rings is 3. The van der Waals surface area contributed by atoms with Crippen molar-refractivity contribution in [3.8, 4) is 0 Å². The summed E-state index contributed by atoms with van der Waals surface area (Å²) < 4.78 is 5.39. The molecule has 2 heterocycles. The van der Waals surface area contributed by atoms with Crippen LogP contribution in [0.3, 0.4) is 0 Å². The summed E-state index contributed by atoms with van der Waals surface area (Å²) >= 11 is 0. The van der Waals surface area contributed by atoms with Crippen molar-refractivity contribution in [2.45, 2.75) is 38.7 Å². The predicted molar refractivity (Wildman–Crippen MR) is 138 cm³/mol. The van der Waals surface area contributed by atoms with E-state index in [0.717, 1.165) is 66.8 Å². The minimum atomic E-state index is -0.519. The Labute approximate surface area is 206 Å². The molecule has 3 aromatic rings. The summed E-state index contributed by atoms with van der Waals surface area (Å²) in [7, 11) is 0. The van der Waals surface area contributed by atoms with Crippen molar-refractivity contribution in [2.24, 2.45) is 0 Å². The van der Waals surface area contributed by atoms with E-state index in [1.54, 1.807) is 0 Å². The molecule has 0 unspecified atom stereocenters. The van der Waals surface area contributed by atoms with Crippen LogP contribution in [0.25, 0.3) is 0 Å². The Kier molecular flexibility index (Phi) is 7.09. The van der Waals surface area contributed by atoms with Crippen LogP contribution in [0.2, 0.25) is 0 Å². The average molecular weight is 470 g/mol. The number of piperidine rings is 1. The van der Waals surface area contributed by atoms with Crippen LogP contribution in [0.5, 0.6) is 0 Å². The SMILES string of the molecule is O=C(Nc1ccc2c(c1)N(C(=O)CN1CCCCC1)c1ccccc1CC2)OCc1ccccc1. The van der Waals surface area contributed by atoms with Gasteiger partial charge in [-0.05, 0) is 73.7 Å². The first kappa shape index (κ1) is 23.1. The van der Waals surface area contributed by atoms with Gasteiger partial charge in [0.1, 0.15) is 6.61 Å². The van der Waals surface area contributed by atoms with Crippen LogP contribution in [-0.4, -0.2) is 36.5 Å². The summed E-state index contributed by atoms with van der Waals surface area (Å²) in [4.78, 5) is 30.3. The molecule has 0 atom stereocenters. The lowest BCUT2D eigenvalue weighted by atomic mass is 10.0. The number of nitrogens with zero attached hydrogens (tertiary/aromatic N) is 2. The van der Waals surface area contributed by atoms with Gasteiger partial charge in [-0.2, -0.15) is 0 Å². The largest absolute Gasteiger partial charge is 0.444 e. The van der Waals surface area contributed by atoms with Crippen molar-refractivity contribution in [1.29, 1.82) is 0 Å². The maximum Gasteiger partial charge on any atom is 0.411 e. The molecule has 0 aromatic heterocycles. The zero-order valence-electron chi connectivity index (χ0n) is 19.9. The Morgan fingerprint density at radius 3 is 2.31 bits per heavy atom. The average Bonchev–Trinajstić information content (AvgIpc) is 3.05. The van der Waals surface area contributed by atoms with Crippen molar-refractivity contribution < 1.29 is 14.3 Å². The Hall–Kier alpha value is -3.64. The van der Waals surface area contributed by atoms with Crippen molar-refractivity contribution in [3.63, 3.8) is 0 Å². The molecule has 2 aliphatic rings. The Morgan fingerprint density at radius 2 is 1.51 bits per heavy atom. The van der Waals surface area contributed by atoms with Gasteiger partial charge < -0.3 is 4.74 Å². The highest BCUT2D eigenvalue weighted by atomic mass is 16.5. The fourth-order valence-corrected chi connectivity index (χ4v) is 4.93. The van der Waals surface area contributed by atoms with E-state index in [9.17, 15) is 9.59 Å². The van der Waals surface area contributed by atoms with E-state index < -0.39 is 6.09 Å². The molecule has 0 bridgehead atoms. The van der Waals surface area contributed by atoms with E-state index in [4.69, 9.17) is 4.74 Å². The maximum absolute atomic E-state index is 13.7. The van der Waals surface area contributed by atoms with Gasteiger partial charge in [-0.15, -0.1) is 0 Å². The molecule has 2 amide bonds. The van der Waals surface area contributed by atoms with Gasteiger partial charge in [0.25, 0.3) is 0 Å². The highest BCUT2D eigenvalue weighted by Crippen LogP contribution is 2.38. The zero-order chi connectivity index (χ0) is 24.0. The summed E-state index contributed by atoms with van der Waals surface area (Å²) in [5, 5.41) is 2.84. The number of nitrogens with one attached hydrogen (secondary N) is 1. The summed E-state index contributed by atoms with van der Waals surface area (Å²) in [6, 6.07) is 23.5. The summed E-state index contributed by atoms with van der Waals surface area (Å²) in [5.74, 6) is 0.0614. The second kappa shape index (κ2) is 10.7. The summed E-state index contributed by atoms with van der Waals surface area (Å²) in [6.45, 7) is 2.52. The zero-order valence-corrected chi connectivity index (χ0v) is 19.9. The highest BCUT2D eigenvalue weighted by molar-refractivity contribution is 6.04. The molecular formula is C29H31N3O3. The number of anilines is 3. The first-order chi connectivity index (χ1) is 17.2. The third-order valence-electron chi connectivity index (χ3n) is 6.74. The van der Waals surface area contributed by atoms with Crippen molar-refractivity contribution in [1.82, 2.24) is 4.90 Å². The van der Waals surface area contributed by atoms with Gasteiger partial charge in [-0.1, -0.05) is 61.0 Å². The smallest absolute Gasteiger partial charge is 0.411 e. The number of para-hydroxylation sites is 1. The van der Waals surface area contributed by atoms with Crippen LogP contribution >= 0.6 is 0 Å². The topological polar surface area (TPSA) is 61.9 Å².